The number of methoxy groups -OCH3 is 1. The molecular formula is C7H9N3O3. The number of nitro groups is 1. The van der Waals surface area contributed by atoms with E-state index in [1.165, 1.54) is 19.2 Å². The summed E-state index contributed by atoms with van der Waals surface area (Å²) >= 11 is 0. The summed E-state index contributed by atoms with van der Waals surface area (Å²) in [5, 5.41) is 10.5. The molecule has 0 aliphatic heterocycles. The highest BCUT2D eigenvalue weighted by molar-refractivity contribution is 5.63. The van der Waals surface area contributed by atoms with Crippen molar-refractivity contribution in [1.82, 2.24) is 0 Å². The average Bonchev–Trinajstić information content (AvgIpc) is 2.16. The Morgan fingerprint density at radius 2 is 2.31 bits per heavy atom. The van der Waals surface area contributed by atoms with E-state index in [2.05, 4.69) is 5.43 Å². The Balaban J connectivity index is 3.18. The average molecular weight is 183 g/mol. The van der Waals surface area contributed by atoms with Crippen LogP contribution in [0.2, 0.25) is 0 Å². The zero-order chi connectivity index (χ0) is 9.84. The number of hydrazine groups is 1. The van der Waals surface area contributed by atoms with Gasteiger partial charge >= 0.3 is 0 Å². The Morgan fingerprint density at radius 3 is 2.77 bits per heavy atom. The van der Waals surface area contributed by atoms with Crippen molar-refractivity contribution in [1.29, 1.82) is 0 Å². The smallest absolute Gasteiger partial charge is 0.297 e. The molecule has 0 bridgehead atoms. The first kappa shape index (κ1) is 9.27. The van der Waals surface area contributed by atoms with E-state index in [1.807, 2.05) is 0 Å². The molecule has 3 N–H and O–H groups in total. The van der Waals surface area contributed by atoms with Crippen LogP contribution >= 0.6 is 0 Å². The summed E-state index contributed by atoms with van der Waals surface area (Å²) in [7, 11) is 1.44. The van der Waals surface area contributed by atoms with Crippen LogP contribution in [0.3, 0.4) is 0 Å². The van der Waals surface area contributed by atoms with E-state index < -0.39 is 4.92 Å². The van der Waals surface area contributed by atoms with Gasteiger partial charge in [-0.05, 0) is 12.1 Å². The van der Waals surface area contributed by atoms with Gasteiger partial charge in [-0.1, -0.05) is 0 Å². The van der Waals surface area contributed by atoms with Gasteiger partial charge in [-0.15, -0.1) is 0 Å². The summed E-state index contributed by atoms with van der Waals surface area (Å²) in [6.45, 7) is 0. The molecule has 1 aromatic rings. The predicted octanol–water partition coefficient (Wildman–Crippen LogP) is 0.889. The zero-order valence-electron chi connectivity index (χ0n) is 6.98. The van der Waals surface area contributed by atoms with Gasteiger partial charge in [0.25, 0.3) is 5.69 Å². The number of nitrogens with two attached hydrogens (primary N) is 1. The summed E-state index contributed by atoms with van der Waals surface area (Å²) in [6, 6.07) is 4.37. The molecule has 1 rings (SSSR count). The van der Waals surface area contributed by atoms with Crippen molar-refractivity contribution in [3.8, 4) is 5.75 Å². The first-order valence-electron chi connectivity index (χ1n) is 3.48. The van der Waals surface area contributed by atoms with Gasteiger partial charge in [-0.25, -0.2) is 0 Å². The van der Waals surface area contributed by atoms with E-state index >= 15 is 0 Å². The summed E-state index contributed by atoms with van der Waals surface area (Å²) in [5.41, 5.74) is 2.38. The van der Waals surface area contributed by atoms with Crippen LogP contribution in [0, 0.1) is 10.1 Å². The number of hydrogen-bond acceptors (Lipinski definition) is 5. The topological polar surface area (TPSA) is 90.4 Å². The fourth-order valence-corrected chi connectivity index (χ4v) is 0.912. The Morgan fingerprint density at radius 1 is 1.62 bits per heavy atom. The molecule has 0 aliphatic carbocycles. The number of rotatable bonds is 3. The number of benzene rings is 1. The molecule has 0 saturated carbocycles. The van der Waals surface area contributed by atoms with Crippen molar-refractivity contribution in [2.45, 2.75) is 0 Å². The van der Waals surface area contributed by atoms with Crippen LogP contribution in [0.4, 0.5) is 11.4 Å². The van der Waals surface area contributed by atoms with E-state index in [9.17, 15) is 10.1 Å². The maximum atomic E-state index is 10.5. The largest absolute Gasteiger partial charge is 0.496 e. The molecule has 70 valence electrons. The molecule has 0 amide bonds. The van der Waals surface area contributed by atoms with E-state index in [4.69, 9.17) is 10.6 Å². The van der Waals surface area contributed by atoms with Crippen molar-refractivity contribution in [2.75, 3.05) is 12.5 Å². The number of nitrogens with zero attached hydrogens (tertiary/aromatic N) is 1. The minimum atomic E-state index is -0.530. The molecule has 0 fully saturated rings. The molecule has 0 aromatic heterocycles. The molecule has 6 heteroatoms. The maximum Gasteiger partial charge on any atom is 0.297 e. The second kappa shape index (κ2) is 3.72. The van der Waals surface area contributed by atoms with Crippen LogP contribution in [0.25, 0.3) is 0 Å². The molecule has 0 saturated heterocycles. The fourth-order valence-electron chi connectivity index (χ4n) is 0.912. The van der Waals surface area contributed by atoms with Crippen LogP contribution < -0.4 is 16.0 Å². The summed E-state index contributed by atoms with van der Waals surface area (Å²) < 4.78 is 4.83. The van der Waals surface area contributed by atoms with Crippen LogP contribution in [-0.2, 0) is 0 Å². The lowest BCUT2D eigenvalue weighted by Gasteiger charge is -2.03. The number of nitrogen functional groups attached to an aromatic ring is 1. The highest BCUT2D eigenvalue weighted by Crippen LogP contribution is 2.27. The van der Waals surface area contributed by atoms with Crippen LogP contribution in [0.5, 0.6) is 5.75 Å². The van der Waals surface area contributed by atoms with Crippen LogP contribution in [0.15, 0.2) is 18.2 Å². The second-order valence-electron chi connectivity index (χ2n) is 2.28. The lowest BCUT2D eigenvalue weighted by atomic mass is 10.2. The van der Waals surface area contributed by atoms with Gasteiger partial charge in [0.05, 0.1) is 18.1 Å². The second-order valence-corrected chi connectivity index (χ2v) is 2.28. The molecule has 13 heavy (non-hydrogen) atoms. The number of ether oxygens (including phenoxy) is 1. The summed E-state index contributed by atoms with van der Waals surface area (Å²) in [5.74, 6) is 5.51. The van der Waals surface area contributed by atoms with Crippen molar-refractivity contribution >= 4 is 11.4 Å². The minimum absolute atomic E-state index is 0.109. The standard InChI is InChI=1S/C7H9N3O3/c1-13-5-2-3-6(9-8)7(4-5)10(11)12/h2-4,9H,8H2,1H3. The SMILES string of the molecule is COc1ccc(NN)c([N+](=O)[O-])c1. The van der Waals surface area contributed by atoms with Crippen LogP contribution in [-0.4, -0.2) is 12.0 Å². The van der Waals surface area contributed by atoms with Gasteiger partial charge < -0.3 is 10.2 Å². The molecule has 6 nitrogen and oxygen atoms in total. The summed E-state index contributed by atoms with van der Waals surface area (Å²) in [6.07, 6.45) is 0. The molecule has 0 atom stereocenters. The normalized spacial score (nSPS) is 9.38. The molecule has 0 spiro atoms. The highest BCUT2D eigenvalue weighted by atomic mass is 16.6. The lowest BCUT2D eigenvalue weighted by molar-refractivity contribution is -0.384. The van der Waals surface area contributed by atoms with E-state index in [0.717, 1.165) is 0 Å². The monoisotopic (exact) mass is 183 g/mol. The van der Waals surface area contributed by atoms with Crippen molar-refractivity contribution in [2.24, 2.45) is 5.84 Å². The predicted molar refractivity (Wildman–Crippen MR) is 47.5 cm³/mol. The molecule has 0 aliphatic rings. The third kappa shape index (κ3) is 1.85. The lowest BCUT2D eigenvalue weighted by Crippen LogP contribution is -2.08. The van der Waals surface area contributed by atoms with Crippen molar-refractivity contribution in [3.05, 3.63) is 28.3 Å². The van der Waals surface area contributed by atoms with Gasteiger partial charge in [-0.3, -0.25) is 16.0 Å². The quantitative estimate of drug-likeness (QED) is 0.412. The van der Waals surface area contributed by atoms with E-state index in [-0.39, 0.29) is 11.4 Å². The molecule has 0 radical (unpaired) electrons. The Labute approximate surface area is 74.4 Å². The number of hydrogen-bond donors (Lipinski definition) is 2. The number of nitro benzene ring substituents is 1. The zero-order valence-corrected chi connectivity index (χ0v) is 6.98. The first-order valence-corrected chi connectivity index (χ1v) is 3.48. The third-order valence-corrected chi connectivity index (χ3v) is 1.56. The molecule has 0 heterocycles. The first-order chi connectivity index (χ1) is 6.19. The fraction of sp³-hybridized carbons (Fsp3) is 0.143. The van der Waals surface area contributed by atoms with Gasteiger partial charge in [0.1, 0.15) is 11.4 Å². The molecule has 1 aromatic carbocycles. The molecular weight excluding hydrogens is 174 g/mol. The van der Waals surface area contributed by atoms with Crippen LogP contribution in [0.1, 0.15) is 0 Å². The molecule has 0 unspecified atom stereocenters. The third-order valence-electron chi connectivity index (χ3n) is 1.56. The van der Waals surface area contributed by atoms with E-state index in [1.54, 1.807) is 6.07 Å². The van der Waals surface area contributed by atoms with Gasteiger partial charge in [0.2, 0.25) is 0 Å². The van der Waals surface area contributed by atoms with Gasteiger partial charge in [0, 0.05) is 0 Å². The van der Waals surface area contributed by atoms with Crippen molar-refractivity contribution < 1.29 is 9.66 Å². The van der Waals surface area contributed by atoms with Crippen molar-refractivity contribution in [3.63, 3.8) is 0 Å². The minimum Gasteiger partial charge on any atom is -0.496 e. The highest BCUT2D eigenvalue weighted by Gasteiger charge is 2.13. The Kier molecular flexibility index (Phi) is 2.65. The van der Waals surface area contributed by atoms with Gasteiger partial charge in [-0.2, -0.15) is 0 Å². The van der Waals surface area contributed by atoms with Gasteiger partial charge in [0.15, 0.2) is 0 Å². The maximum absolute atomic E-state index is 10.5. The number of nitrogens with one attached hydrogen (secondary N) is 1. The summed E-state index contributed by atoms with van der Waals surface area (Å²) in [4.78, 5) is 9.97. The number of anilines is 1. The Bertz CT molecular complexity index is 327. The van der Waals surface area contributed by atoms with E-state index in [0.29, 0.717) is 5.75 Å². The Hall–Kier alpha value is -1.82.